The van der Waals surface area contributed by atoms with Crippen molar-refractivity contribution >= 4 is 40.4 Å². The molecule has 1 aromatic carbocycles. The minimum absolute atomic E-state index is 0.0854. The van der Waals surface area contributed by atoms with Crippen LogP contribution in [0.4, 0.5) is 0 Å². The normalized spacial score (nSPS) is 21.4. The number of carbonyl (C=O) groups excluding carboxylic acids is 2. The predicted octanol–water partition coefficient (Wildman–Crippen LogP) is 0.385. The Morgan fingerprint density at radius 3 is 2.71 bits per heavy atom. The van der Waals surface area contributed by atoms with E-state index in [0.717, 1.165) is 9.13 Å². The molecule has 1 fully saturated rings. The Hall–Kier alpha value is -1.68. The van der Waals surface area contributed by atoms with Gasteiger partial charge in [0.1, 0.15) is 12.1 Å². The number of nitrogens with one attached hydrogen (secondary N) is 1. The highest BCUT2D eigenvalue weighted by atomic mass is 127. The number of rotatable bonds is 5. The summed E-state index contributed by atoms with van der Waals surface area (Å²) in [6.07, 6.45) is -0.516. The van der Waals surface area contributed by atoms with Gasteiger partial charge in [0.05, 0.1) is 6.10 Å². The van der Waals surface area contributed by atoms with E-state index in [2.05, 4.69) is 27.9 Å². The van der Waals surface area contributed by atoms with Gasteiger partial charge in [0.15, 0.2) is 0 Å². The van der Waals surface area contributed by atoms with E-state index >= 15 is 0 Å². The number of aliphatic carboxylic acids is 1. The van der Waals surface area contributed by atoms with E-state index in [0.29, 0.717) is 0 Å². The van der Waals surface area contributed by atoms with E-state index in [9.17, 15) is 24.6 Å². The number of nitrogens with zero attached hydrogens (tertiary/aromatic N) is 1. The highest BCUT2D eigenvalue weighted by Crippen LogP contribution is 2.18. The van der Waals surface area contributed by atoms with Crippen molar-refractivity contribution in [2.45, 2.75) is 38.0 Å². The number of benzene rings is 1. The van der Waals surface area contributed by atoms with Gasteiger partial charge >= 0.3 is 5.97 Å². The highest BCUT2D eigenvalue weighted by molar-refractivity contribution is 14.1. The fourth-order valence-corrected chi connectivity index (χ4v) is 3.39. The molecule has 0 spiro atoms. The summed E-state index contributed by atoms with van der Waals surface area (Å²) < 4.78 is 0.974. The zero-order valence-electron chi connectivity index (χ0n) is 13.1. The summed E-state index contributed by atoms with van der Waals surface area (Å²) in [7, 11) is 0. The highest BCUT2D eigenvalue weighted by Gasteiger charge is 2.38. The maximum absolute atomic E-state index is 12.4. The molecule has 2 rings (SSSR count). The second-order valence-corrected chi connectivity index (χ2v) is 7.06. The van der Waals surface area contributed by atoms with Crippen LogP contribution in [0.2, 0.25) is 0 Å². The molecule has 0 unspecified atom stereocenters. The molecule has 2 amide bonds. The third-order valence-electron chi connectivity index (χ3n) is 3.93. The SMILES string of the molecule is CC(=O)N1C[C@H](O)C[C@H]1C(=O)N[C@@H](Cc1cccc(I)c1)C(=O)O. The largest absolute Gasteiger partial charge is 0.480 e. The first-order chi connectivity index (χ1) is 11.3. The topological polar surface area (TPSA) is 107 Å². The van der Waals surface area contributed by atoms with Gasteiger partial charge in [0, 0.05) is 29.9 Å². The number of aliphatic hydroxyl groups excluding tert-OH is 1. The number of hydrogen-bond donors (Lipinski definition) is 3. The van der Waals surface area contributed by atoms with Crippen LogP contribution in [0, 0.1) is 3.57 Å². The lowest BCUT2D eigenvalue weighted by molar-refractivity contribution is -0.143. The second kappa shape index (κ2) is 7.93. The number of carbonyl (C=O) groups is 3. The zero-order chi connectivity index (χ0) is 17.9. The molecule has 8 heteroatoms. The molecule has 0 bridgehead atoms. The molecular weight excluding hydrogens is 427 g/mol. The zero-order valence-corrected chi connectivity index (χ0v) is 15.3. The molecular formula is C16H19IN2O5. The molecule has 0 radical (unpaired) electrons. The standard InChI is InChI=1S/C16H19IN2O5/c1-9(20)19-8-12(21)7-14(19)15(22)18-13(16(23)24)6-10-3-2-4-11(17)5-10/h2-5,12-14,21H,6-8H2,1H3,(H,18,22)(H,23,24)/t12-,13+,14+/m1/s1. The van der Waals surface area contributed by atoms with Crippen molar-refractivity contribution in [3.8, 4) is 0 Å². The molecule has 1 aliphatic heterocycles. The van der Waals surface area contributed by atoms with Gasteiger partial charge in [-0.1, -0.05) is 12.1 Å². The van der Waals surface area contributed by atoms with Gasteiger partial charge in [-0.3, -0.25) is 9.59 Å². The van der Waals surface area contributed by atoms with Crippen molar-refractivity contribution in [2.24, 2.45) is 0 Å². The first-order valence-electron chi connectivity index (χ1n) is 7.51. The molecule has 3 atom stereocenters. The van der Waals surface area contributed by atoms with Crippen LogP contribution < -0.4 is 5.32 Å². The smallest absolute Gasteiger partial charge is 0.326 e. The van der Waals surface area contributed by atoms with E-state index in [1.54, 1.807) is 6.07 Å². The lowest BCUT2D eigenvalue weighted by Gasteiger charge is -2.24. The van der Waals surface area contributed by atoms with Crippen LogP contribution in [0.25, 0.3) is 0 Å². The Balaban J connectivity index is 2.08. The molecule has 0 aliphatic carbocycles. The minimum atomic E-state index is -1.14. The molecule has 1 aromatic rings. The second-order valence-electron chi connectivity index (χ2n) is 5.81. The number of halogens is 1. The molecule has 24 heavy (non-hydrogen) atoms. The maximum Gasteiger partial charge on any atom is 0.326 e. The fraction of sp³-hybridized carbons (Fsp3) is 0.438. The van der Waals surface area contributed by atoms with E-state index in [-0.39, 0.29) is 25.3 Å². The van der Waals surface area contributed by atoms with Gasteiger partial charge in [-0.25, -0.2) is 4.79 Å². The molecule has 3 N–H and O–H groups in total. The molecule has 0 aromatic heterocycles. The van der Waals surface area contributed by atoms with Crippen LogP contribution in [0.15, 0.2) is 24.3 Å². The number of β-amino-alcohol motifs (C(OH)–C–C–N with tert-alkyl or cyclic N) is 1. The molecule has 1 aliphatic rings. The Morgan fingerprint density at radius 1 is 1.42 bits per heavy atom. The van der Waals surface area contributed by atoms with Crippen LogP contribution in [-0.4, -0.2) is 57.6 Å². The molecule has 0 saturated carbocycles. The van der Waals surface area contributed by atoms with Crippen molar-refractivity contribution < 1.29 is 24.6 Å². The van der Waals surface area contributed by atoms with Crippen LogP contribution >= 0.6 is 22.6 Å². The summed E-state index contributed by atoms with van der Waals surface area (Å²) in [6, 6.07) is 5.43. The Labute approximate surface area is 153 Å². The van der Waals surface area contributed by atoms with Crippen LogP contribution in [0.5, 0.6) is 0 Å². The van der Waals surface area contributed by atoms with Crippen LogP contribution in [0.3, 0.4) is 0 Å². The van der Waals surface area contributed by atoms with Crippen LogP contribution in [-0.2, 0) is 20.8 Å². The number of carboxylic acids is 1. The predicted molar refractivity (Wildman–Crippen MR) is 94.2 cm³/mol. The third-order valence-corrected chi connectivity index (χ3v) is 4.60. The van der Waals surface area contributed by atoms with Gasteiger partial charge in [-0.2, -0.15) is 0 Å². The molecule has 130 valence electrons. The summed E-state index contributed by atoms with van der Waals surface area (Å²) in [5, 5.41) is 21.5. The number of carboxylic acid groups (broad SMARTS) is 1. The third kappa shape index (κ3) is 4.67. The van der Waals surface area contributed by atoms with Crippen molar-refractivity contribution in [2.75, 3.05) is 6.54 Å². The van der Waals surface area contributed by atoms with E-state index < -0.39 is 30.1 Å². The first-order valence-corrected chi connectivity index (χ1v) is 8.58. The number of hydrogen-bond acceptors (Lipinski definition) is 4. The maximum atomic E-state index is 12.4. The van der Waals surface area contributed by atoms with Crippen LogP contribution in [0.1, 0.15) is 18.9 Å². The summed E-state index contributed by atoms with van der Waals surface area (Å²) in [5.41, 5.74) is 0.796. The van der Waals surface area contributed by atoms with Gasteiger partial charge in [-0.05, 0) is 40.3 Å². The fourth-order valence-electron chi connectivity index (χ4n) is 2.78. The number of likely N-dealkylation sites (tertiary alicyclic amines) is 1. The number of amides is 2. The van der Waals surface area contributed by atoms with Crippen molar-refractivity contribution in [3.05, 3.63) is 33.4 Å². The monoisotopic (exact) mass is 446 g/mol. The summed E-state index contributed by atoms with van der Waals surface area (Å²) in [4.78, 5) is 36.7. The van der Waals surface area contributed by atoms with Gasteiger partial charge in [0.25, 0.3) is 0 Å². The minimum Gasteiger partial charge on any atom is -0.480 e. The van der Waals surface area contributed by atoms with E-state index in [1.165, 1.54) is 11.8 Å². The van der Waals surface area contributed by atoms with E-state index in [1.807, 2.05) is 18.2 Å². The van der Waals surface area contributed by atoms with Gasteiger partial charge in [0.2, 0.25) is 11.8 Å². The Kier molecular flexibility index (Phi) is 6.16. The quantitative estimate of drug-likeness (QED) is 0.568. The Bertz CT molecular complexity index is 651. The lowest BCUT2D eigenvalue weighted by atomic mass is 10.1. The van der Waals surface area contributed by atoms with Crippen molar-refractivity contribution in [3.63, 3.8) is 0 Å². The first kappa shape index (κ1) is 18.7. The van der Waals surface area contributed by atoms with Crippen molar-refractivity contribution in [1.29, 1.82) is 0 Å². The summed E-state index contributed by atoms with van der Waals surface area (Å²) in [6.45, 7) is 1.40. The average molecular weight is 446 g/mol. The molecule has 7 nitrogen and oxygen atoms in total. The molecule has 1 saturated heterocycles. The summed E-state index contributed by atoms with van der Waals surface area (Å²) in [5.74, 6) is -2.02. The van der Waals surface area contributed by atoms with Gasteiger partial charge in [-0.15, -0.1) is 0 Å². The van der Waals surface area contributed by atoms with E-state index in [4.69, 9.17) is 0 Å². The van der Waals surface area contributed by atoms with Gasteiger partial charge < -0.3 is 20.4 Å². The number of aliphatic hydroxyl groups is 1. The Morgan fingerprint density at radius 2 is 2.12 bits per heavy atom. The average Bonchev–Trinajstić information content (AvgIpc) is 2.89. The molecule has 1 heterocycles. The lowest BCUT2D eigenvalue weighted by Crippen LogP contribution is -2.51. The van der Waals surface area contributed by atoms with Crippen molar-refractivity contribution in [1.82, 2.24) is 10.2 Å². The summed E-state index contributed by atoms with van der Waals surface area (Å²) >= 11 is 2.13.